The molecule has 0 aromatic carbocycles. The van der Waals surface area contributed by atoms with Crippen molar-refractivity contribution in [1.29, 1.82) is 0 Å². The minimum Gasteiger partial charge on any atom is -0.491 e. The number of aromatic nitrogens is 1. The molecular weight excluding hydrogens is 258 g/mol. The smallest absolute Gasteiger partial charge is 0.420 e. The molecule has 1 aromatic heterocycles. The van der Waals surface area contributed by atoms with E-state index in [4.69, 9.17) is 5.11 Å². The van der Waals surface area contributed by atoms with E-state index in [0.29, 0.717) is 6.20 Å². The van der Waals surface area contributed by atoms with E-state index < -0.39 is 27.9 Å². The first-order valence-corrected chi connectivity index (χ1v) is 3.73. The van der Waals surface area contributed by atoms with Crippen molar-refractivity contribution in [3.05, 3.63) is 22.1 Å². The fraction of sp³-hybridized carbons (Fsp3) is 0.167. The van der Waals surface area contributed by atoms with Crippen LogP contribution < -0.4 is 0 Å². The summed E-state index contributed by atoms with van der Waals surface area (Å²) in [6, 6.07) is 0. The van der Waals surface area contributed by atoms with Gasteiger partial charge in [0.25, 0.3) is 0 Å². The van der Waals surface area contributed by atoms with Gasteiger partial charge in [-0.15, -0.1) is 0 Å². The van der Waals surface area contributed by atoms with Gasteiger partial charge < -0.3 is 5.11 Å². The summed E-state index contributed by atoms with van der Waals surface area (Å²) in [6.07, 6.45) is -4.18. The third-order valence-corrected chi connectivity index (χ3v) is 1.84. The van der Waals surface area contributed by atoms with Crippen LogP contribution in [0.4, 0.5) is 17.6 Å². The van der Waals surface area contributed by atoms with Gasteiger partial charge in [-0.3, -0.25) is 0 Å². The molecule has 0 aliphatic rings. The maximum absolute atomic E-state index is 12.7. The highest BCUT2D eigenvalue weighted by atomic mass is 79.9. The summed E-state index contributed by atoms with van der Waals surface area (Å²) in [6.45, 7) is 0. The molecule has 0 saturated heterocycles. The number of hydrogen-bond donors (Lipinski definition) is 1. The van der Waals surface area contributed by atoms with Gasteiger partial charge in [-0.25, -0.2) is 9.37 Å². The van der Waals surface area contributed by atoms with Crippen molar-refractivity contribution in [3.8, 4) is 5.88 Å². The molecule has 0 saturated carbocycles. The number of alkyl halides is 3. The fourth-order valence-electron chi connectivity index (χ4n) is 0.716. The van der Waals surface area contributed by atoms with Gasteiger partial charge in [-0.2, -0.15) is 13.2 Å². The van der Waals surface area contributed by atoms with Crippen molar-refractivity contribution >= 4 is 15.9 Å². The summed E-state index contributed by atoms with van der Waals surface area (Å²) in [4.78, 5) is 2.99. The van der Waals surface area contributed by atoms with Crippen LogP contribution in [0.2, 0.25) is 0 Å². The Balaban J connectivity index is 3.43. The van der Waals surface area contributed by atoms with Crippen LogP contribution in [0.25, 0.3) is 0 Å². The number of aromatic hydroxyl groups is 1. The quantitative estimate of drug-likeness (QED) is 0.727. The van der Waals surface area contributed by atoms with Gasteiger partial charge in [0, 0.05) is 6.20 Å². The van der Waals surface area contributed by atoms with Crippen molar-refractivity contribution in [1.82, 2.24) is 4.98 Å². The van der Waals surface area contributed by atoms with E-state index in [9.17, 15) is 17.6 Å². The molecular formula is C6H2BrF4NO. The summed E-state index contributed by atoms with van der Waals surface area (Å²) in [5, 5.41) is 8.58. The Morgan fingerprint density at radius 3 is 2.31 bits per heavy atom. The highest BCUT2D eigenvalue weighted by Crippen LogP contribution is 2.38. The molecule has 2 nitrogen and oxygen atoms in total. The van der Waals surface area contributed by atoms with Gasteiger partial charge in [0.2, 0.25) is 5.88 Å². The lowest BCUT2D eigenvalue weighted by Gasteiger charge is -2.09. The number of nitrogens with zero attached hydrogens (tertiary/aromatic N) is 1. The highest BCUT2D eigenvalue weighted by molar-refractivity contribution is 9.10. The average Bonchev–Trinajstić information content (AvgIpc) is 1.95. The largest absolute Gasteiger partial charge is 0.491 e. The molecule has 0 aliphatic carbocycles. The predicted molar refractivity (Wildman–Crippen MR) is 38.6 cm³/mol. The summed E-state index contributed by atoms with van der Waals surface area (Å²) >= 11 is 2.48. The number of rotatable bonds is 0. The van der Waals surface area contributed by atoms with Crippen LogP contribution in [-0.4, -0.2) is 10.1 Å². The predicted octanol–water partition coefficient (Wildman–Crippen LogP) is 2.71. The summed E-state index contributed by atoms with van der Waals surface area (Å²) in [5.74, 6) is -3.04. The monoisotopic (exact) mass is 259 g/mol. The first-order chi connectivity index (χ1) is 5.84. The normalized spacial score (nSPS) is 11.8. The molecule has 0 spiro atoms. The van der Waals surface area contributed by atoms with Gasteiger partial charge in [0.1, 0.15) is 5.56 Å². The summed E-state index contributed by atoms with van der Waals surface area (Å²) in [5.41, 5.74) is -1.56. The topological polar surface area (TPSA) is 33.1 Å². The van der Waals surface area contributed by atoms with Gasteiger partial charge in [0.15, 0.2) is 5.82 Å². The Morgan fingerprint density at radius 2 is 1.92 bits per heavy atom. The minimum atomic E-state index is -4.86. The molecule has 0 amide bonds. The van der Waals surface area contributed by atoms with Crippen molar-refractivity contribution in [2.45, 2.75) is 6.18 Å². The molecule has 0 unspecified atom stereocenters. The van der Waals surface area contributed by atoms with Gasteiger partial charge in [-0.05, 0) is 15.9 Å². The zero-order valence-corrected chi connectivity index (χ0v) is 7.45. The van der Waals surface area contributed by atoms with Crippen LogP contribution in [0.3, 0.4) is 0 Å². The van der Waals surface area contributed by atoms with Crippen molar-refractivity contribution in [2.24, 2.45) is 0 Å². The minimum absolute atomic E-state index is 0.546. The molecule has 0 bridgehead atoms. The van der Waals surface area contributed by atoms with E-state index in [-0.39, 0.29) is 0 Å². The number of pyridine rings is 1. The molecule has 0 fully saturated rings. The van der Waals surface area contributed by atoms with E-state index in [2.05, 4.69) is 20.9 Å². The molecule has 1 N–H and O–H groups in total. The van der Waals surface area contributed by atoms with Crippen LogP contribution in [0.5, 0.6) is 5.88 Å². The third-order valence-electron chi connectivity index (χ3n) is 1.24. The van der Waals surface area contributed by atoms with E-state index in [1.54, 1.807) is 0 Å². The van der Waals surface area contributed by atoms with Crippen LogP contribution in [0.15, 0.2) is 10.7 Å². The summed E-state index contributed by atoms with van der Waals surface area (Å²) in [7, 11) is 0. The molecule has 1 rings (SSSR count). The van der Waals surface area contributed by atoms with E-state index in [0.717, 1.165) is 0 Å². The van der Waals surface area contributed by atoms with Crippen molar-refractivity contribution < 1.29 is 22.7 Å². The number of hydrogen-bond acceptors (Lipinski definition) is 2. The van der Waals surface area contributed by atoms with E-state index >= 15 is 0 Å². The standard InChI is InChI=1S/C6H2BrF4NO/c7-2-1-12-5(13)4(8)3(2)6(9,10)11/h1H,(H,12,13). The molecule has 13 heavy (non-hydrogen) atoms. The molecule has 0 aliphatic heterocycles. The van der Waals surface area contributed by atoms with Gasteiger partial charge >= 0.3 is 6.18 Å². The Labute approximate surface area is 78.3 Å². The Hall–Kier alpha value is -0.850. The molecule has 1 heterocycles. The lowest BCUT2D eigenvalue weighted by atomic mass is 10.2. The van der Waals surface area contributed by atoms with Gasteiger partial charge in [-0.1, -0.05) is 0 Å². The zero-order valence-electron chi connectivity index (χ0n) is 5.86. The molecule has 7 heteroatoms. The highest BCUT2D eigenvalue weighted by Gasteiger charge is 2.38. The first kappa shape index (κ1) is 10.2. The molecule has 1 aromatic rings. The summed E-state index contributed by atoms with van der Waals surface area (Å²) < 4.78 is 48.4. The number of halogens is 5. The van der Waals surface area contributed by atoms with Gasteiger partial charge in [0.05, 0.1) is 4.47 Å². The fourth-order valence-corrected chi connectivity index (χ4v) is 1.22. The molecule has 0 atom stereocenters. The average molecular weight is 260 g/mol. The second-order valence-corrected chi connectivity index (χ2v) is 2.97. The molecule has 0 radical (unpaired) electrons. The molecule has 72 valence electrons. The van der Waals surface area contributed by atoms with Crippen LogP contribution >= 0.6 is 15.9 Å². The maximum atomic E-state index is 12.7. The van der Waals surface area contributed by atoms with Crippen LogP contribution in [0.1, 0.15) is 5.56 Å². The van der Waals surface area contributed by atoms with Crippen molar-refractivity contribution in [2.75, 3.05) is 0 Å². The SMILES string of the molecule is Oc1ncc(Br)c(C(F)(F)F)c1F. The lowest BCUT2D eigenvalue weighted by Crippen LogP contribution is -2.09. The van der Waals surface area contributed by atoms with Crippen LogP contribution in [0, 0.1) is 5.82 Å². The maximum Gasteiger partial charge on any atom is 0.420 e. The second kappa shape index (κ2) is 3.13. The second-order valence-electron chi connectivity index (χ2n) is 2.12. The van der Waals surface area contributed by atoms with E-state index in [1.165, 1.54) is 0 Å². The van der Waals surface area contributed by atoms with E-state index in [1.807, 2.05) is 0 Å². The lowest BCUT2D eigenvalue weighted by molar-refractivity contribution is -0.140. The Kier molecular flexibility index (Phi) is 2.47. The first-order valence-electron chi connectivity index (χ1n) is 2.94. The Bertz CT molecular complexity index is 338. The Morgan fingerprint density at radius 1 is 1.38 bits per heavy atom. The van der Waals surface area contributed by atoms with Crippen LogP contribution in [-0.2, 0) is 6.18 Å². The zero-order chi connectivity index (χ0) is 10.2. The van der Waals surface area contributed by atoms with Crippen molar-refractivity contribution in [3.63, 3.8) is 0 Å². The third kappa shape index (κ3) is 1.90.